The van der Waals surface area contributed by atoms with E-state index in [0.29, 0.717) is 5.41 Å². The highest BCUT2D eigenvalue weighted by molar-refractivity contribution is 4.98. The Bertz CT molecular complexity index is 246. The van der Waals surface area contributed by atoms with E-state index in [1.807, 2.05) is 0 Å². The van der Waals surface area contributed by atoms with Crippen LogP contribution in [0, 0.1) is 11.3 Å². The van der Waals surface area contributed by atoms with Gasteiger partial charge in [0.1, 0.15) is 0 Å². The van der Waals surface area contributed by atoms with Crippen LogP contribution in [-0.4, -0.2) is 36.6 Å². The Morgan fingerprint density at radius 3 is 2.12 bits per heavy atom. The molecule has 2 rings (SSSR count). The van der Waals surface area contributed by atoms with Gasteiger partial charge in [-0.2, -0.15) is 0 Å². The fraction of sp³-hybridized carbons (Fsp3) is 1.00. The lowest BCUT2D eigenvalue weighted by Gasteiger charge is -2.44. The third-order valence-electron chi connectivity index (χ3n) is 5.45. The van der Waals surface area contributed by atoms with E-state index < -0.39 is 0 Å². The van der Waals surface area contributed by atoms with Crippen molar-refractivity contribution in [3.05, 3.63) is 0 Å². The molecule has 2 aliphatic heterocycles. The summed E-state index contributed by atoms with van der Waals surface area (Å²) in [4.78, 5) is 2.83. The number of nitrogens with zero attached hydrogens (tertiary/aromatic N) is 1. The molecule has 2 unspecified atom stereocenters. The van der Waals surface area contributed by atoms with Gasteiger partial charge in [-0.1, -0.05) is 27.7 Å². The fourth-order valence-electron chi connectivity index (χ4n) is 3.42. The van der Waals surface area contributed by atoms with Crippen LogP contribution in [0.2, 0.25) is 0 Å². The summed E-state index contributed by atoms with van der Waals surface area (Å²) in [7, 11) is 2.12. The van der Waals surface area contributed by atoms with E-state index in [4.69, 9.17) is 0 Å². The Morgan fingerprint density at radius 2 is 1.71 bits per heavy atom. The van der Waals surface area contributed by atoms with Gasteiger partial charge in [-0.15, -0.1) is 0 Å². The molecule has 0 aliphatic carbocycles. The summed E-state index contributed by atoms with van der Waals surface area (Å²) in [6, 6.07) is 2.47. The molecular formula is C15H30N2. The van der Waals surface area contributed by atoms with Crippen LogP contribution in [0.5, 0.6) is 0 Å². The van der Waals surface area contributed by atoms with Gasteiger partial charge in [0, 0.05) is 24.7 Å². The molecule has 2 saturated heterocycles. The minimum atomic E-state index is 0.452. The number of rotatable bonds is 4. The Kier molecular flexibility index (Phi) is 3.84. The molecule has 1 N–H and O–H groups in total. The zero-order valence-electron chi connectivity index (χ0n) is 12.3. The minimum absolute atomic E-state index is 0.452. The summed E-state index contributed by atoms with van der Waals surface area (Å²) >= 11 is 0. The van der Waals surface area contributed by atoms with Gasteiger partial charge in [-0.25, -0.2) is 0 Å². The van der Waals surface area contributed by atoms with Crippen molar-refractivity contribution in [2.75, 3.05) is 13.6 Å². The Balaban J connectivity index is 2.00. The number of piperidine rings is 1. The highest BCUT2D eigenvalue weighted by Gasteiger charge is 2.42. The number of hydrogen-bond acceptors (Lipinski definition) is 2. The molecule has 2 heteroatoms. The molecule has 0 aromatic heterocycles. The third kappa shape index (κ3) is 2.68. The van der Waals surface area contributed by atoms with Crippen molar-refractivity contribution in [3.8, 4) is 0 Å². The molecule has 2 atom stereocenters. The number of hydrogen-bond donors (Lipinski definition) is 1. The predicted molar refractivity (Wildman–Crippen MR) is 74.2 cm³/mol. The molecule has 2 fully saturated rings. The van der Waals surface area contributed by atoms with E-state index in [1.165, 1.54) is 32.2 Å². The number of fused-ring (bicyclic) bond motifs is 2. The lowest BCUT2D eigenvalue weighted by atomic mass is 9.79. The maximum Gasteiger partial charge on any atom is 0.0114 e. The molecule has 2 bridgehead atoms. The van der Waals surface area contributed by atoms with Gasteiger partial charge in [0.15, 0.2) is 0 Å². The largest absolute Gasteiger partial charge is 0.317 e. The summed E-state index contributed by atoms with van der Waals surface area (Å²) in [6.07, 6.45) is 5.58. The van der Waals surface area contributed by atoms with Gasteiger partial charge >= 0.3 is 0 Å². The third-order valence-corrected chi connectivity index (χ3v) is 5.45. The van der Waals surface area contributed by atoms with E-state index in [9.17, 15) is 0 Å². The van der Waals surface area contributed by atoms with Crippen LogP contribution < -0.4 is 5.32 Å². The smallest absolute Gasteiger partial charge is 0.0114 e. The summed E-state index contributed by atoms with van der Waals surface area (Å²) < 4.78 is 0. The molecule has 0 spiro atoms. The molecule has 0 aromatic rings. The van der Waals surface area contributed by atoms with Crippen molar-refractivity contribution < 1.29 is 0 Å². The molecule has 100 valence electrons. The first kappa shape index (κ1) is 13.4. The normalized spacial score (nSPS) is 34.6. The minimum Gasteiger partial charge on any atom is -0.317 e. The van der Waals surface area contributed by atoms with Crippen LogP contribution >= 0.6 is 0 Å². The second-order valence-electron chi connectivity index (χ2n) is 7.16. The second-order valence-corrected chi connectivity index (χ2v) is 7.16. The van der Waals surface area contributed by atoms with Crippen molar-refractivity contribution in [2.45, 2.75) is 71.5 Å². The Labute approximate surface area is 107 Å². The summed E-state index contributed by atoms with van der Waals surface area (Å²) in [5.41, 5.74) is 0.452. The zero-order chi connectivity index (χ0) is 12.6. The van der Waals surface area contributed by atoms with Crippen molar-refractivity contribution in [1.29, 1.82) is 0 Å². The first-order valence-corrected chi connectivity index (χ1v) is 7.37. The lowest BCUT2D eigenvalue weighted by Crippen LogP contribution is -2.51. The maximum absolute atomic E-state index is 3.48. The quantitative estimate of drug-likeness (QED) is 0.810. The van der Waals surface area contributed by atoms with Gasteiger partial charge in [0.05, 0.1) is 0 Å². The van der Waals surface area contributed by atoms with Gasteiger partial charge in [0.2, 0.25) is 0 Å². The van der Waals surface area contributed by atoms with Gasteiger partial charge in [-0.05, 0) is 44.1 Å². The number of nitrogens with one attached hydrogen (secondary N) is 1. The van der Waals surface area contributed by atoms with Crippen LogP contribution in [0.1, 0.15) is 53.4 Å². The SMILES string of the molecule is CNC1CC2CCC(C1)N2CC(C)(C)C(C)C. The highest BCUT2D eigenvalue weighted by Crippen LogP contribution is 2.39. The van der Waals surface area contributed by atoms with E-state index in [1.54, 1.807) is 0 Å². The molecule has 0 amide bonds. The topological polar surface area (TPSA) is 15.3 Å². The second kappa shape index (κ2) is 4.89. The Morgan fingerprint density at radius 1 is 1.18 bits per heavy atom. The van der Waals surface area contributed by atoms with Gasteiger partial charge < -0.3 is 5.32 Å². The van der Waals surface area contributed by atoms with Crippen molar-refractivity contribution in [1.82, 2.24) is 10.2 Å². The summed E-state index contributed by atoms with van der Waals surface area (Å²) in [5.74, 6) is 0.768. The van der Waals surface area contributed by atoms with E-state index in [2.05, 4.69) is 45.0 Å². The fourth-order valence-corrected chi connectivity index (χ4v) is 3.42. The molecule has 17 heavy (non-hydrogen) atoms. The van der Waals surface area contributed by atoms with E-state index in [-0.39, 0.29) is 0 Å². The summed E-state index contributed by atoms with van der Waals surface area (Å²) in [5, 5.41) is 3.48. The molecule has 0 aromatic carbocycles. The zero-order valence-corrected chi connectivity index (χ0v) is 12.3. The lowest BCUT2D eigenvalue weighted by molar-refractivity contribution is 0.0562. The first-order chi connectivity index (χ1) is 7.94. The van der Waals surface area contributed by atoms with Crippen molar-refractivity contribution in [3.63, 3.8) is 0 Å². The maximum atomic E-state index is 3.48. The Hall–Kier alpha value is -0.0800. The molecule has 0 saturated carbocycles. The molecular weight excluding hydrogens is 208 g/mol. The molecule has 2 heterocycles. The van der Waals surface area contributed by atoms with E-state index in [0.717, 1.165) is 24.0 Å². The molecule has 2 nitrogen and oxygen atoms in total. The van der Waals surface area contributed by atoms with Crippen LogP contribution in [0.25, 0.3) is 0 Å². The van der Waals surface area contributed by atoms with Crippen LogP contribution in [0.3, 0.4) is 0 Å². The monoisotopic (exact) mass is 238 g/mol. The van der Waals surface area contributed by atoms with Crippen LogP contribution in [-0.2, 0) is 0 Å². The van der Waals surface area contributed by atoms with Crippen LogP contribution in [0.15, 0.2) is 0 Å². The van der Waals surface area contributed by atoms with Crippen molar-refractivity contribution >= 4 is 0 Å². The van der Waals surface area contributed by atoms with Crippen molar-refractivity contribution in [2.24, 2.45) is 11.3 Å². The van der Waals surface area contributed by atoms with E-state index >= 15 is 0 Å². The average Bonchev–Trinajstić information content (AvgIpc) is 2.51. The van der Waals surface area contributed by atoms with Gasteiger partial charge in [-0.3, -0.25) is 4.90 Å². The van der Waals surface area contributed by atoms with Gasteiger partial charge in [0.25, 0.3) is 0 Å². The predicted octanol–water partition coefficient (Wildman–Crippen LogP) is 2.88. The molecule has 0 radical (unpaired) electrons. The average molecular weight is 238 g/mol. The molecule has 2 aliphatic rings. The first-order valence-electron chi connectivity index (χ1n) is 7.37. The standard InChI is InChI=1S/C15H30N2/c1-11(2)15(3,4)10-17-13-6-7-14(17)9-12(8-13)16-5/h11-14,16H,6-10H2,1-5H3. The van der Waals surface area contributed by atoms with Crippen LogP contribution in [0.4, 0.5) is 0 Å². The highest BCUT2D eigenvalue weighted by atomic mass is 15.2. The summed E-state index contributed by atoms with van der Waals surface area (Å²) in [6.45, 7) is 10.9.